The molecule has 0 saturated heterocycles. The van der Waals surface area contributed by atoms with Gasteiger partial charge in [0.05, 0.1) is 17.1 Å². The Morgan fingerprint density at radius 3 is 2.61 bits per heavy atom. The van der Waals surface area contributed by atoms with Crippen LogP contribution < -0.4 is 15.6 Å². The number of nitrogens with zero attached hydrogens (tertiary/aromatic N) is 3. The van der Waals surface area contributed by atoms with Gasteiger partial charge in [-0.1, -0.05) is 66.5 Å². The molecule has 0 radical (unpaired) electrons. The highest BCUT2D eigenvalue weighted by Crippen LogP contribution is 2.24. The number of fused-ring (bicyclic) bond motifs is 1. The number of benzene rings is 3. The van der Waals surface area contributed by atoms with Gasteiger partial charge in [-0.05, 0) is 48.5 Å². The number of hydrogen-bond acceptors (Lipinski definition) is 5. The number of aromatic nitrogens is 2. The van der Waals surface area contributed by atoms with E-state index in [2.05, 4.69) is 26.3 Å². The minimum Gasteiger partial charge on any atom is -0.483 e. The Kier molecular flexibility index (Phi) is 7.56. The van der Waals surface area contributed by atoms with Crippen LogP contribution in [0.15, 0.2) is 81.1 Å². The van der Waals surface area contributed by atoms with Crippen molar-refractivity contribution < 1.29 is 9.53 Å². The predicted molar refractivity (Wildman–Crippen MR) is 147 cm³/mol. The van der Waals surface area contributed by atoms with Crippen LogP contribution in [0.2, 0.25) is 5.02 Å². The second kappa shape index (κ2) is 10.6. The Bertz CT molecular complexity index is 1510. The Balaban J connectivity index is 1.66. The average molecular weight is 568 g/mol. The monoisotopic (exact) mass is 566 g/mol. The number of carbonyl (C=O) groups excluding carboxylic acids is 1. The summed E-state index contributed by atoms with van der Waals surface area (Å²) in [4.78, 5) is 30.4. The van der Waals surface area contributed by atoms with Crippen molar-refractivity contribution in [3.63, 3.8) is 0 Å². The van der Waals surface area contributed by atoms with E-state index in [1.807, 2.05) is 45.0 Å². The summed E-state index contributed by atoms with van der Waals surface area (Å²) in [5, 5.41) is 8.15. The second-order valence-corrected chi connectivity index (χ2v) is 10.4. The first-order valence-corrected chi connectivity index (χ1v) is 12.3. The maximum atomic E-state index is 13.4. The summed E-state index contributed by atoms with van der Waals surface area (Å²) in [7, 11) is 0. The number of amides is 1. The van der Waals surface area contributed by atoms with E-state index in [1.54, 1.807) is 42.5 Å². The van der Waals surface area contributed by atoms with Crippen LogP contribution in [-0.4, -0.2) is 28.4 Å². The van der Waals surface area contributed by atoms with Gasteiger partial charge in [-0.3, -0.25) is 9.59 Å². The van der Waals surface area contributed by atoms with Crippen molar-refractivity contribution in [1.29, 1.82) is 0 Å². The minimum atomic E-state index is -0.457. The summed E-state index contributed by atoms with van der Waals surface area (Å²) in [5.41, 5.74) is 1.02. The van der Waals surface area contributed by atoms with Crippen LogP contribution >= 0.6 is 27.5 Å². The van der Waals surface area contributed by atoms with E-state index in [-0.39, 0.29) is 18.1 Å². The molecular weight excluding hydrogens is 544 g/mol. The molecule has 0 fully saturated rings. The third kappa shape index (κ3) is 6.01. The molecule has 0 aliphatic carbocycles. The predicted octanol–water partition coefficient (Wildman–Crippen LogP) is 6.01. The summed E-state index contributed by atoms with van der Waals surface area (Å²) in [6.45, 7) is 5.68. The van der Waals surface area contributed by atoms with Crippen molar-refractivity contribution in [2.75, 3.05) is 11.9 Å². The third-order valence-electron chi connectivity index (χ3n) is 5.18. The van der Waals surface area contributed by atoms with E-state index in [4.69, 9.17) is 21.3 Å². The van der Waals surface area contributed by atoms with Gasteiger partial charge in [-0.2, -0.15) is 9.78 Å². The Hall–Kier alpha value is -3.49. The van der Waals surface area contributed by atoms with Crippen molar-refractivity contribution in [1.82, 2.24) is 9.66 Å². The standard InChI is InChI=1S/C27H24BrClN4O3/c1-27(2,3)26-32-22-11-9-18(28)14-21(22)25(35)33(26)30-15-17-13-19(29)10-12-23(17)36-16-24(34)31-20-7-5-4-6-8-20/h4-15H,16H2,1-3H3,(H,31,34). The number of anilines is 1. The molecule has 0 aliphatic heterocycles. The third-order valence-corrected chi connectivity index (χ3v) is 5.91. The van der Waals surface area contributed by atoms with Gasteiger partial charge in [0.25, 0.3) is 11.5 Å². The molecular formula is C27H24BrClN4O3. The molecule has 4 aromatic rings. The lowest BCUT2D eigenvalue weighted by atomic mass is 9.95. The van der Waals surface area contributed by atoms with Gasteiger partial charge in [0, 0.05) is 26.2 Å². The molecule has 1 N–H and O–H groups in total. The Morgan fingerprint density at radius 1 is 1.14 bits per heavy atom. The first-order valence-electron chi connectivity index (χ1n) is 11.2. The van der Waals surface area contributed by atoms with Gasteiger partial charge in [0.2, 0.25) is 0 Å². The molecule has 184 valence electrons. The van der Waals surface area contributed by atoms with Crippen molar-refractivity contribution in [3.8, 4) is 5.75 Å². The highest BCUT2D eigenvalue weighted by molar-refractivity contribution is 9.10. The highest BCUT2D eigenvalue weighted by atomic mass is 79.9. The normalized spacial score (nSPS) is 11.7. The maximum absolute atomic E-state index is 13.4. The van der Waals surface area contributed by atoms with E-state index in [0.29, 0.717) is 38.8 Å². The lowest BCUT2D eigenvalue weighted by molar-refractivity contribution is -0.118. The summed E-state index contributed by atoms with van der Waals surface area (Å²) in [6, 6.07) is 19.4. The molecule has 0 aliphatic rings. The van der Waals surface area contributed by atoms with E-state index < -0.39 is 5.41 Å². The van der Waals surface area contributed by atoms with E-state index in [1.165, 1.54) is 10.9 Å². The molecule has 4 rings (SSSR count). The molecule has 9 heteroatoms. The molecule has 1 aromatic heterocycles. The average Bonchev–Trinajstić information content (AvgIpc) is 2.83. The maximum Gasteiger partial charge on any atom is 0.282 e. The smallest absolute Gasteiger partial charge is 0.282 e. The van der Waals surface area contributed by atoms with Gasteiger partial charge in [-0.15, -0.1) is 0 Å². The second-order valence-electron chi connectivity index (χ2n) is 9.09. The van der Waals surface area contributed by atoms with Gasteiger partial charge >= 0.3 is 0 Å². The summed E-state index contributed by atoms with van der Waals surface area (Å²) in [6.07, 6.45) is 1.48. The molecule has 3 aromatic carbocycles. The van der Waals surface area contributed by atoms with Gasteiger partial charge in [0.1, 0.15) is 11.6 Å². The zero-order chi connectivity index (χ0) is 25.9. The summed E-state index contributed by atoms with van der Waals surface area (Å²) in [5.74, 6) is 0.591. The summed E-state index contributed by atoms with van der Waals surface area (Å²) >= 11 is 9.63. The molecule has 0 bridgehead atoms. The molecule has 0 spiro atoms. The van der Waals surface area contributed by atoms with Crippen molar-refractivity contribution in [3.05, 3.63) is 98.0 Å². The fourth-order valence-electron chi connectivity index (χ4n) is 3.47. The zero-order valence-corrected chi connectivity index (χ0v) is 22.3. The molecule has 36 heavy (non-hydrogen) atoms. The van der Waals surface area contributed by atoms with Crippen LogP contribution in [0.4, 0.5) is 5.69 Å². The lowest BCUT2D eigenvalue weighted by Gasteiger charge is -2.21. The zero-order valence-electron chi connectivity index (χ0n) is 20.0. The molecule has 0 atom stereocenters. The van der Waals surface area contributed by atoms with E-state index in [0.717, 1.165) is 4.47 Å². The van der Waals surface area contributed by atoms with Crippen molar-refractivity contribution in [2.45, 2.75) is 26.2 Å². The highest BCUT2D eigenvalue weighted by Gasteiger charge is 2.23. The lowest BCUT2D eigenvalue weighted by Crippen LogP contribution is -2.29. The largest absolute Gasteiger partial charge is 0.483 e. The van der Waals surface area contributed by atoms with Crippen molar-refractivity contribution >= 4 is 56.2 Å². The van der Waals surface area contributed by atoms with Gasteiger partial charge < -0.3 is 10.1 Å². The number of rotatable bonds is 6. The summed E-state index contributed by atoms with van der Waals surface area (Å²) < 4.78 is 7.82. The van der Waals surface area contributed by atoms with E-state index in [9.17, 15) is 9.59 Å². The number of carbonyl (C=O) groups is 1. The Labute approximate surface area is 221 Å². The van der Waals surface area contributed by atoms with Crippen LogP contribution in [0.3, 0.4) is 0 Å². The number of nitrogens with one attached hydrogen (secondary N) is 1. The molecule has 0 saturated carbocycles. The van der Waals surface area contributed by atoms with E-state index >= 15 is 0 Å². The number of hydrogen-bond donors (Lipinski definition) is 1. The van der Waals surface area contributed by atoms with Crippen LogP contribution in [0.5, 0.6) is 5.75 Å². The Morgan fingerprint density at radius 2 is 1.89 bits per heavy atom. The van der Waals surface area contributed by atoms with Crippen LogP contribution in [0, 0.1) is 0 Å². The quantitative estimate of drug-likeness (QED) is 0.289. The number of para-hydroxylation sites is 1. The SMILES string of the molecule is CC(C)(C)c1nc2ccc(Br)cc2c(=O)n1N=Cc1cc(Cl)ccc1OCC(=O)Nc1ccccc1. The number of ether oxygens (including phenoxy) is 1. The number of halogens is 2. The molecule has 1 heterocycles. The minimum absolute atomic E-state index is 0.212. The van der Waals surface area contributed by atoms with Crippen LogP contribution in [-0.2, 0) is 10.2 Å². The fraction of sp³-hybridized carbons (Fsp3) is 0.185. The topological polar surface area (TPSA) is 85.6 Å². The first-order chi connectivity index (χ1) is 17.1. The fourth-order valence-corrected chi connectivity index (χ4v) is 4.02. The van der Waals surface area contributed by atoms with Crippen molar-refractivity contribution in [2.24, 2.45) is 5.10 Å². The van der Waals surface area contributed by atoms with Crippen LogP contribution in [0.25, 0.3) is 10.9 Å². The molecule has 1 amide bonds. The van der Waals surface area contributed by atoms with Gasteiger partial charge in [-0.25, -0.2) is 4.98 Å². The first kappa shape index (κ1) is 25.6. The van der Waals surface area contributed by atoms with Gasteiger partial charge in [0.15, 0.2) is 6.61 Å². The van der Waals surface area contributed by atoms with Crippen LogP contribution in [0.1, 0.15) is 32.2 Å². The molecule has 7 nitrogen and oxygen atoms in total. The molecule has 0 unspecified atom stereocenters.